The molecule has 0 radical (unpaired) electrons. The van der Waals surface area contributed by atoms with Gasteiger partial charge >= 0.3 is 0 Å². The minimum Gasteiger partial charge on any atom is -0.324 e. The number of anilines is 2. The first kappa shape index (κ1) is 19.9. The fourth-order valence-corrected chi connectivity index (χ4v) is 4.18. The molecule has 0 aliphatic heterocycles. The van der Waals surface area contributed by atoms with Gasteiger partial charge in [0.1, 0.15) is 11.9 Å². The Hall–Kier alpha value is -2.41. The number of rotatable bonds is 5. The molecule has 2 aromatic rings. The molecule has 0 saturated heterocycles. The van der Waals surface area contributed by atoms with Gasteiger partial charge < -0.3 is 5.32 Å². The molecule has 2 rings (SSSR count). The molecule has 1 N–H and O–H groups in total. The summed E-state index contributed by atoms with van der Waals surface area (Å²) in [5.41, 5.74) is 3.77. The lowest BCUT2D eigenvalue weighted by Gasteiger charge is -2.28. The standard InChI is InChI=1S/C19H23FN2O3S/c1-12-10-13(2)18(14(3)11-12)21-19(23)15(4)22(26(5,24)25)17-8-6-16(20)7-9-17/h6-11,15H,1-5H3,(H,21,23). The zero-order valence-electron chi connectivity index (χ0n) is 15.5. The lowest BCUT2D eigenvalue weighted by molar-refractivity contribution is -0.116. The molecule has 0 saturated carbocycles. The largest absolute Gasteiger partial charge is 0.324 e. The highest BCUT2D eigenvalue weighted by Crippen LogP contribution is 2.25. The number of hydrogen-bond acceptors (Lipinski definition) is 3. The minimum absolute atomic E-state index is 0.230. The second kappa shape index (κ2) is 7.45. The van der Waals surface area contributed by atoms with Crippen molar-refractivity contribution in [1.82, 2.24) is 0 Å². The molecule has 2 aromatic carbocycles. The second-order valence-electron chi connectivity index (χ2n) is 6.47. The van der Waals surface area contributed by atoms with Crippen LogP contribution < -0.4 is 9.62 Å². The van der Waals surface area contributed by atoms with Crippen molar-refractivity contribution in [2.75, 3.05) is 15.9 Å². The number of halogens is 1. The number of nitrogens with zero attached hydrogens (tertiary/aromatic N) is 1. The molecule has 0 aliphatic carbocycles. The lowest BCUT2D eigenvalue weighted by Crippen LogP contribution is -2.45. The molecular formula is C19H23FN2O3S. The number of sulfonamides is 1. The van der Waals surface area contributed by atoms with Crippen LogP contribution in [0.1, 0.15) is 23.6 Å². The normalized spacial score (nSPS) is 12.5. The predicted molar refractivity (Wildman–Crippen MR) is 102 cm³/mol. The van der Waals surface area contributed by atoms with Crippen LogP contribution in [0.25, 0.3) is 0 Å². The van der Waals surface area contributed by atoms with Crippen molar-refractivity contribution >= 4 is 27.3 Å². The first-order chi connectivity index (χ1) is 12.0. The fraction of sp³-hybridized carbons (Fsp3) is 0.316. The summed E-state index contributed by atoms with van der Waals surface area (Å²) in [6, 6.07) is 7.88. The molecule has 0 bridgehead atoms. The van der Waals surface area contributed by atoms with Crippen LogP contribution in [0.15, 0.2) is 36.4 Å². The maximum atomic E-state index is 13.2. The van der Waals surface area contributed by atoms with E-state index in [0.717, 1.165) is 39.4 Å². The molecule has 0 fully saturated rings. The van der Waals surface area contributed by atoms with Gasteiger partial charge in [0.2, 0.25) is 15.9 Å². The van der Waals surface area contributed by atoms with Crippen LogP contribution in [0.4, 0.5) is 15.8 Å². The van der Waals surface area contributed by atoms with E-state index < -0.39 is 27.8 Å². The van der Waals surface area contributed by atoms with Crippen molar-refractivity contribution in [2.24, 2.45) is 0 Å². The Morgan fingerprint density at radius 1 is 1.08 bits per heavy atom. The Morgan fingerprint density at radius 2 is 1.58 bits per heavy atom. The van der Waals surface area contributed by atoms with E-state index in [4.69, 9.17) is 0 Å². The summed E-state index contributed by atoms with van der Waals surface area (Å²) >= 11 is 0. The molecular weight excluding hydrogens is 355 g/mol. The Balaban J connectivity index is 2.36. The molecule has 0 spiro atoms. The topological polar surface area (TPSA) is 66.5 Å². The van der Waals surface area contributed by atoms with E-state index >= 15 is 0 Å². The average Bonchev–Trinajstić information content (AvgIpc) is 2.51. The highest BCUT2D eigenvalue weighted by molar-refractivity contribution is 7.92. The van der Waals surface area contributed by atoms with E-state index in [1.165, 1.54) is 19.1 Å². The Morgan fingerprint density at radius 3 is 2.04 bits per heavy atom. The molecule has 7 heteroatoms. The Bertz CT molecular complexity index is 901. The average molecular weight is 378 g/mol. The molecule has 0 aromatic heterocycles. The summed E-state index contributed by atoms with van der Waals surface area (Å²) in [6.45, 7) is 7.23. The van der Waals surface area contributed by atoms with Gasteiger partial charge in [0.15, 0.2) is 0 Å². The van der Waals surface area contributed by atoms with Gasteiger partial charge in [-0.05, 0) is 63.1 Å². The lowest BCUT2D eigenvalue weighted by atomic mass is 10.0. The minimum atomic E-state index is -3.74. The third-order valence-electron chi connectivity index (χ3n) is 4.09. The van der Waals surface area contributed by atoms with Gasteiger partial charge in [0, 0.05) is 5.69 Å². The summed E-state index contributed by atoms with van der Waals surface area (Å²) < 4.78 is 38.6. The summed E-state index contributed by atoms with van der Waals surface area (Å²) in [7, 11) is -3.74. The van der Waals surface area contributed by atoms with Crippen molar-refractivity contribution in [3.63, 3.8) is 0 Å². The molecule has 1 amide bonds. The quantitative estimate of drug-likeness (QED) is 0.865. The third kappa shape index (κ3) is 4.40. The van der Waals surface area contributed by atoms with Crippen molar-refractivity contribution in [2.45, 2.75) is 33.7 Å². The second-order valence-corrected chi connectivity index (χ2v) is 8.33. The van der Waals surface area contributed by atoms with E-state index in [1.54, 1.807) is 0 Å². The van der Waals surface area contributed by atoms with Crippen LogP contribution in [0.2, 0.25) is 0 Å². The van der Waals surface area contributed by atoms with E-state index in [9.17, 15) is 17.6 Å². The molecule has 140 valence electrons. The summed E-state index contributed by atoms with van der Waals surface area (Å²) in [5, 5.41) is 2.82. The zero-order chi connectivity index (χ0) is 19.6. The summed E-state index contributed by atoms with van der Waals surface area (Å²) in [6.07, 6.45) is 1.02. The van der Waals surface area contributed by atoms with Gasteiger partial charge in [-0.15, -0.1) is 0 Å². The number of hydrogen-bond donors (Lipinski definition) is 1. The molecule has 5 nitrogen and oxygen atoms in total. The van der Waals surface area contributed by atoms with Gasteiger partial charge in [-0.2, -0.15) is 0 Å². The van der Waals surface area contributed by atoms with E-state index in [2.05, 4.69) is 5.32 Å². The number of nitrogens with one attached hydrogen (secondary N) is 1. The highest BCUT2D eigenvalue weighted by atomic mass is 32.2. The van der Waals surface area contributed by atoms with Crippen LogP contribution in [-0.2, 0) is 14.8 Å². The van der Waals surface area contributed by atoms with Crippen LogP contribution >= 0.6 is 0 Å². The molecule has 26 heavy (non-hydrogen) atoms. The predicted octanol–water partition coefficient (Wildman–Crippen LogP) is 3.54. The van der Waals surface area contributed by atoms with Crippen LogP contribution in [0, 0.1) is 26.6 Å². The number of benzene rings is 2. The number of aryl methyl sites for hydroxylation is 3. The van der Waals surface area contributed by atoms with Crippen molar-refractivity contribution < 1.29 is 17.6 Å². The van der Waals surface area contributed by atoms with Gasteiger partial charge in [-0.25, -0.2) is 12.8 Å². The monoisotopic (exact) mass is 378 g/mol. The van der Waals surface area contributed by atoms with Crippen molar-refractivity contribution in [3.8, 4) is 0 Å². The van der Waals surface area contributed by atoms with E-state index in [-0.39, 0.29) is 5.69 Å². The number of carbonyl (C=O) groups is 1. The Labute approximate surface area is 153 Å². The maximum absolute atomic E-state index is 13.2. The maximum Gasteiger partial charge on any atom is 0.248 e. The molecule has 1 atom stereocenters. The number of amides is 1. The van der Waals surface area contributed by atoms with Gasteiger partial charge in [0.05, 0.1) is 11.9 Å². The summed E-state index contributed by atoms with van der Waals surface area (Å²) in [4.78, 5) is 12.7. The van der Waals surface area contributed by atoms with Crippen LogP contribution in [-0.4, -0.2) is 26.6 Å². The summed E-state index contributed by atoms with van der Waals surface area (Å²) in [5.74, 6) is -0.944. The zero-order valence-corrected chi connectivity index (χ0v) is 16.3. The van der Waals surface area contributed by atoms with E-state index in [1.807, 2.05) is 32.9 Å². The van der Waals surface area contributed by atoms with E-state index in [0.29, 0.717) is 5.69 Å². The first-order valence-corrected chi connectivity index (χ1v) is 9.99. The van der Waals surface area contributed by atoms with Crippen molar-refractivity contribution in [1.29, 1.82) is 0 Å². The Kier molecular flexibility index (Phi) is 5.71. The SMILES string of the molecule is Cc1cc(C)c(NC(=O)C(C)N(c2ccc(F)cc2)S(C)(=O)=O)c(C)c1. The van der Waals surface area contributed by atoms with Gasteiger partial charge in [-0.1, -0.05) is 17.7 Å². The third-order valence-corrected chi connectivity index (χ3v) is 5.34. The molecule has 0 aliphatic rings. The van der Waals surface area contributed by atoms with Gasteiger partial charge in [0.25, 0.3) is 0 Å². The highest BCUT2D eigenvalue weighted by Gasteiger charge is 2.29. The fourth-order valence-electron chi connectivity index (χ4n) is 3.00. The number of carbonyl (C=O) groups excluding carboxylic acids is 1. The molecule has 0 heterocycles. The molecule has 1 unspecified atom stereocenters. The van der Waals surface area contributed by atoms with Gasteiger partial charge in [-0.3, -0.25) is 9.10 Å². The van der Waals surface area contributed by atoms with Crippen molar-refractivity contribution in [3.05, 3.63) is 58.9 Å². The first-order valence-electron chi connectivity index (χ1n) is 8.14. The smallest absolute Gasteiger partial charge is 0.248 e. The van der Waals surface area contributed by atoms with Crippen LogP contribution in [0.5, 0.6) is 0 Å². The van der Waals surface area contributed by atoms with Crippen LogP contribution in [0.3, 0.4) is 0 Å².